The second-order valence-corrected chi connectivity index (χ2v) is 4.40. The minimum absolute atomic E-state index is 0.110. The number of aromatic amines is 1. The maximum absolute atomic E-state index is 12.1. The Balaban J connectivity index is 2.39. The van der Waals surface area contributed by atoms with Crippen LogP contribution in [0.3, 0.4) is 0 Å². The first-order valence-corrected chi connectivity index (χ1v) is 6.45. The van der Waals surface area contributed by atoms with Gasteiger partial charge in [0, 0.05) is 11.6 Å². The van der Waals surface area contributed by atoms with E-state index in [4.69, 9.17) is 0 Å². The van der Waals surface area contributed by atoms with Crippen LogP contribution in [0.5, 0.6) is 0 Å². The molecule has 0 unspecified atom stereocenters. The molecule has 2 aromatic rings. The van der Waals surface area contributed by atoms with Crippen molar-refractivity contribution in [1.29, 1.82) is 0 Å². The van der Waals surface area contributed by atoms with Gasteiger partial charge in [0.25, 0.3) is 11.6 Å². The number of benzene rings is 1. The number of carbonyl (C=O) groups is 1. The predicted octanol–water partition coefficient (Wildman–Crippen LogP) is 1.03. The molecule has 0 saturated heterocycles. The molecule has 7 nitrogen and oxygen atoms in total. The average Bonchev–Trinajstić information content (AvgIpc) is 2.85. The van der Waals surface area contributed by atoms with Gasteiger partial charge >= 0.3 is 0 Å². The van der Waals surface area contributed by atoms with Crippen LogP contribution >= 0.6 is 0 Å². The Morgan fingerprint density at radius 3 is 2.68 bits per heavy atom. The molecule has 22 heavy (non-hydrogen) atoms. The molecule has 0 atom stereocenters. The van der Waals surface area contributed by atoms with Gasteiger partial charge in [-0.2, -0.15) is 5.10 Å². The maximum Gasteiger partial charge on any atom is 0.266 e. The van der Waals surface area contributed by atoms with Crippen molar-refractivity contribution in [3.63, 3.8) is 0 Å². The monoisotopic (exact) mass is 298 g/mol. The van der Waals surface area contributed by atoms with Crippen molar-refractivity contribution in [3.05, 3.63) is 68.4 Å². The Bertz CT molecular complexity index is 837. The molecule has 2 rings (SSSR count). The van der Waals surface area contributed by atoms with Gasteiger partial charge in [0.15, 0.2) is 5.82 Å². The van der Waals surface area contributed by atoms with Gasteiger partial charge in [-0.15, -0.1) is 0 Å². The number of carbonyl (C=O) groups excluding carboxylic acids is 1. The molecule has 0 aliphatic carbocycles. The van der Waals surface area contributed by atoms with Crippen LogP contribution in [-0.2, 0) is 0 Å². The number of allylic oxidation sites excluding steroid dienone is 2. The third-order valence-electron chi connectivity index (χ3n) is 2.95. The Morgan fingerprint density at radius 2 is 2.09 bits per heavy atom. The number of nitrogens with one attached hydrogen (secondary N) is 2. The van der Waals surface area contributed by atoms with E-state index in [0.29, 0.717) is 16.1 Å². The molecule has 0 fully saturated rings. The van der Waals surface area contributed by atoms with Crippen LogP contribution in [0.25, 0.3) is 12.7 Å². The fourth-order valence-electron chi connectivity index (χ4n) is 1.80. The number of anilines is 1. The second kappa shape index (κ2) is 6.49. The first-order chi connectivity index (χ1) is 10.5. The fourth-order valence-corrected chi connectivity index (χ4v) is 1.80. The third kappa shape index (κ3) is 3.26. The van der Waals surface area contributed by atoms with Gasteiger partial charge in [-0.3, -0.25) is 20.0 Å². The largest absolute Gasteiger partial charge is 0.305 e. The zero-order chi connectivity index (χ0) is 16.1. The molecule has 0 bridgehead atoms. The number of hydrogen-bond donors (Lipinski definition) is 2. The number of rotatable bonds is 4. The van der Waals surface area contributed by atoms with Crippen molar-refractivity contribution in [2.45, 2.75) is 6.92 Å². The zero-order valence-electron chi connectivity index (χ0n) is 11.9. The van der Waals surface area contributed by atoms with Gasteiger partial charge < -0.3 is 5.32 Å². The highest BCUT2D eigenvalue weighted by Crippen LogP contribution is 2.03. The topological polar surface area (TPSA) is 101 Å². The van der Waals surface area contributed by atoms with Gasteiger partial charge in [-0.1, -0.05) is 24.8 Å². The van der Waals surface area contributed by atoms with Crippen molar-refractivity contribution in [2.75, 3.05) is 5.32 Å². The van der Waals surface area contributed by atoms with Crippen LogP contribution in [0.1, 0.15) is 17.3 Å². The summed E-state index contributed by atoms with van der Waals surface area (Å²) in [7, 11) is 0. The molecular weight excluding hydrogens is 284 g/mol. The molecule has 1 heterocycles. The van der Waals surface area contributed by atoms with E-state index in [1.54, 1.807) is 37.3 Å². The summed E-state index contributed by atoms with van der Waals surface area (Å²) in [5.41, 5.74) is 0.351. The van der Waals surface area contributed by atoms with Gasteiger partial charge in [0.2, 0.25) is 0 Å². The number of hydrogen-bond acceptors (Lipinski definition) is 4. The molecule has 2 N–H and O–H groups in total. The van der Waals surface area contributed by atoms with Gasteiger partial charge in [0.05, 0.1) is 15.5 Å². The van der Waals surface area contributed by atoms with Crippen molar-refractivity contribution < 1.29 is 9.72 Å². The number of aromatic nitrogens is 2. The van der Waals surface area contributed by atoms with Gasteiger partial charge in [0.1, 0.15) is 0 Å². The Hall–Kier alpha value is -3.22. The summed E-state index contributed by atoms with van der Waals surface area (Å²) < 4.78 is 0. The van der Waals surface area contributed by atoms with E-state index in [1.165, 1.54) is 12.2 Å². The molecule has 0 radical (unpaired) electrons. The van der Waals surface area contributed by atoms with Crippen LogP contribution in [0.4, 0.5) is 5.82 Å². The summed E-state index contributed by atoms with van der Waals surface area (Å²) in [6.07, 6.45) is 2.67. The Kier molecular flexibility index (Phi) is 4.47. The number of nitrogens with zero attached hydrogens (tertiary/aromatic N) is 2. The minimum Gasteiger partial charge on any atom is -0.305 e. The lowest BCUT2D eigenvalue weighted by Gasteiger charge is -2.01. The number of amides is 1. The first kappa shape index (κ1) is 15.2. The van der Waals surface area contributed by atoms with Crippen LogP contribution in [-0.4, -0.2) is 21.0 Å². The molecule has 0 aliphatic heterocycles. The number of H-pyrrole nitrogens is 1. The molecule has 1 aromatic carbocycles. The molecule has 0 saturated carbocycles. The molecule has 7 heteroatoms. The van der Waals surface area contributed by atoms with Gasteiger partial charge in [-0.25, -0.2) is 0 Å². The van der Waals surface area contributed by atoms with Crippen LogP contribution in [0.15, 0.2) is 42.1 Å². The normalized spacial score (nSPS) is 12.2. The van der Waals surface area contributed by atoms with Crippen LogP contribution in [0.2, 0.25) is 0 Å². The quantitative estimate of drug-likeness (QED) is 0.650. The average molecular weight is 298 g/mol. The summed E-state index contributed by atoms with van der Waals surface area (Å²) >= 11 is 0. The lowest BCUT2D eigenvalue weighted by atomic mass is 10.2. The second-order valence-electron chi connectivity index (χ2n) is 4.40. The minimum atomic E-state index is -0.519. The van der Waals surface area contributed by atoms with E-state index < -0.39 is 4.92 Å². The predicted molar refractivity (Wildman–Crippen MR) is 83.0 cm³/mol. The summed E-state index contributed by atoms with van der Waals surface area (Å²) in [4.78, 5) is 22.5. The lowest BCUT2D eigenvalue weighted by molar-refractivity contribution is -0.416. The van der Waals surface area contributed by atoms with Gasteiger partial charge in [-0.05, 0) is 25.1 Å². The molecule has 0 spiro atoms. The Labute approximate surface area is 125 Å². The highest BCUT2D eigenvalue weighted by atomic mass is 16.6. The van der Waals surface area contributed by atoms with Crippen molar-refractivity contribution in [1.82, 2.24) is 10.2 Å². The van der Waals surface area contributed by atoms with E-state index in [9.17, 15) is 14.9 Å². The molecule has 112 valence electrons. The fraction of sp³-hybridized carbons (Fsp3) is 0.0667. The summed E-state index contributed by atoms with van der Waals surface area (Å²) in [5.74, 6) is -0.162. The SMILES string of the molecule is C=c1[nH]nc(NC(=O)c2ccccc2)/c1=C/C(=C\C)[N+](=O)[O-]. The van der Waals surface area contributed by atoms with Crippen LogP contribution < -0.4 is 15.9 Å². The summed E-state index contributed by atoms with van der Waals surface area (Å²) in [6.45, 7) is 5.27. The molecule has 1 aromatic heterocycles. The van der Waals surface area contributed by atoms with E-state index in [2.05, 4.69) is 22.1 Å². The van der Waals surface area contributed by atoms with E-state index >= 15 is 0 Å². The maximum atomic E-state index is 12.1. The molecular formula is C15H14N4O3. The van der Waals surface area contributed by atoms with E-state index in [-0.39, 0.29) is 17.4 Å². The van der Waals surface area contributed by atoms with E-state index in [0.717, 1.165) is 0 Å². The smallest absolute Gasteiger partial charge is 0.266 e. The summed E-state index contributed by atoms with van der Waals surface area (Å²) in [5, 5.41) is 20.8. The highest BCUT2D eigenvalue weighted by Gasteiger charge is 2.11. The standard InChI is InChI=1S/C15H14N4O3/c1-3-12(19(21)22)9-13-10(2)17-18-14(13)16-15(20)11-7-5-4-6-8-11/h3-9,17H,2H2,1H3,(H,16,18,20)/b12-3+,13-9+. The third-order valence-corrected chi connectivity index (χ3v) is 2.95. The molecule has 1 amide bonds. The van der Waals surface area contributed by atoms with Crippen molar-refractivity contribution in [2.24, 2.45) is 0 Å². The van der Waals surface area contributed by atoms with Crippen molar-refractivity contribution in [3.8, 4) is 0 Å². The van der Waals surface area contributed by atoms with E-state index in [1.807, 2.05) is 0 Å². The number of nitro groups is 1. The molecule has 0 aliphatic rings. The Morgan fingerprint density at radius 1 is 1.41 bits per heavy atom. The summed E-state index contributed by atoms with van der Waals surface area (Å²) in [6, 6.07) is 8.59. The van der Waals surface area contributed by atoms with Crippen LogP contribution in [0, 0.1) is 10.1 Å². The lowest BCUT2D eigenvalue weighted by Crippen LogP contribution is -2.26. The van der Waals surface area contributed by atoms with Crippen molar-refractivity contribution >= 4 is 24.4 Å². The first-order valence-electron chi connectivity index (χ1n) is 6.45. The highest BCUT2D eigenvalue weighted by molar-refractivity contribution is 6.03. The zero-order valence-corrected chi connectivity index (χ0v) is 11.9.